The van der Waals surface area contributed by atoms with E-state index >= 15 is 0 Å². The summed E-state index contributed by atoms with van der Waals surface area (Å²) < 4.78 is 14.4. The molecule has 5 N–H and O–H groups in total. The van der Waals surface area contributed by atoms with Gasteiger partial charge in [-0.05, 0) is 26.2 Å². The molecule has 0 bridgehead atoms. The fraction of sp³-hybridized carbons (Fsp3) is 0.722. The number of carbonyl (C=O) groups is 3. The first-order valence-corrected chi connectivity index (χ1v) is 9.09. The predicted molar refractivity (Wildman–Crippen MR) is 97.3 cm³/mol. The maximum atomic E-state index is 11.6. The molecule has 11 heteroatoms. The molecule has 0 aliphatic rings. The molecule has 0 fully saturated rings. The van der Waals surface area contributed by atoms with E-state index in [0.29, 0.717) is 19.3 Å². The zero-order valence-corrected chi connectivity index (χ0v) is 16.4. The summed E-state index contributed by atoms with van der Waals surface area (Å²) in [5, 5.41) is 46.4. The van der Waals surface area contributed by atoms with Gasteiger partial charge in [-0.1, -0.05) is 6.58 Å². The van der Waals surface area contributed by atoms with Crippen LogP contribution in [-0.4, -0.2) is 94.3 Å². The molecule has 29 heavy (non-hydrogen) atoms. The summed E-state index contributed by atoms with van der Waals surface area (Å²) >= 11 is 0. The highest BCUT2D eigenvalue weighted by atomic mass is 16.6. The maximum Gasteiger partial charge on any atom is 0.337 e. The Morgan fingerprint density at radius 2 is 1.48 bits per heavy atom. The van der Waals surface area contributed by atoms with Gasteiger partial charge >= 0.3 is 17.9 Å². The van der Waals surface area contributed by atoms with Crippen LogP contribution in [0.2, 0.25) is 0 Å². The first kappa shape index (κ1) is 27.0. The second kappa shape index (κ2) is 14.9. The average molecular weight is 422 g/mol. The Kier molecular flexibility index (Phi) is 13.8. The lowest BCUT2D eigenvalue weighted by Gasteiger charge is -2.24. The highest BCUT2D eigenvalue weighted by molar-refractivity contribution is 5.86. The van der Waals surface area contributed by atoms with Gasteiger partial charge in [-0.3, -0.25) is 4.79 Å². The van der Waals surface area contributed by atoms with Crippen LogP contribution in [-0.2, 0) is 28.6 Å². The molecule has 4 unspecified atom stereocenters. The van der Waals surface area contributed by atoms with Crippen molar-refractivity contribution in [2.75, 3.05) is 26.4 Å². The number of hydrogen-bond acceptors (Lipinski definition) is 11. The smallest absolute Gasteiger partial charge is 0.337 e. The number of ether oxygens (including phenoxy) is 3. The normalized spacial score (nSPS) is 15.0. The predicted octanol–water partition coefficient (Wildman–Crippen LogP) is -1.81. The fourth-order valence-electron chi connectivity index (χ4n) is 1.95. The Hall–Kier alpha value is -2.05. The van der Waals surface area contributed by atoms with Crippen LogP contribution in [0.15, 0.2) is 12.2 Å². The van der Waals surface area contributed by atoms with Crippen LogP contribution in [0.25, 0.3) is 0 Å². The van der Waals surface area contributed by atoms with E-state index in [1.54, 1.807) is 0 Å². The molecular weight excluding hydrogens is 392 g/mol. The SMILES string of the molecule is C=C(C)C(=O)OCCOC(=O)CCCCCOC(=O)C(O)C(O)C(O)C(O)CO. The lowest BCUT2D eigenvalue weighted by atomic mass is 10.0. The minimum absolute atomic E-state index is 0.0630. The molecule has 168 valence electrons. The standard InChI is InChI=1S/C18H30O11/c1-11(2)17(25)29-9-8-27-13(21)6-4-3-5-7-28-18(26)16(24)15(23)14(22)12(20)10-19/h12,14-16,19-20,22-24H,1,3-10H2,2H3. The van der Waals surface area contributed by atoms with Crippen molar-refractivity contribution in [2.45, 2.75) is 57.0 Å². The van der Waals surface area contributed by atoms with Crippen LogP contribution >= 0.6 is 0 Å². The third kappa shape index (κ3) is 11.5. The van der Waals surface area contributed by atoms with Crippen molar-refractivity contribution in [1.82, 2.24) is 0 Å². The van der Waals surface area contributed by atoms with E-state index in [1.807, 2.05) is 0 Å². The topological polar surface area (TPSA) is 180 Å². The monoisotopic (exact) mass is 422 g/mol. The van der Waals surface area contributed by atoms with E-state index in [4.69, 9.17) is 19.3 Å². The van der Waals surface area contributed by atoms with E-state index in [1.165, 1.54) is 6.92 Å². The van der Waals surface area contributed by atoms with E-state index in [-0.39, 0.29) is 31.8 Å². The molecule has 11 nitrogen and oxygen atoms in total. The molecule has 0 aromatic rings. The molecule has 0 amide bonds. The van der Waals surface area contributed by atoms with E-state index in [0.717, 1.165) is 0 Å². The number of rotatable bonds is 15. The molecule has 0 aromatic heterocycles. The largest absolute Gasteiger partial charge is 0.464 e. The summed E-state index contributed by atoms with van der Waals surface area (Å²) in [7, 11) is 0. The first-order chi connectivity index (χ1) is 13.6. The second-order valence-electron chi connectivity index (χ2n) is 6.29. The van der Waals surface area contributed by atoms with E-state index in [9.17, 15) is 34.8 Å². The van der Waals surface area contributed by atoms with Gasteiger partial charge in [0.1, 0.15) is 31.5 Å². The zero-order valence-electron chi connectivity index (χ0n) is 16.4. The quantitative estimate of drug-likeness (QED) is 0.0868. The minimum Gasteiger partial charge on any atom is -0.464 e. The molecular formula is C18H30O11. The Bertz CT molecular complexity index is 534. The average Bonchev–Trinajstić information content (AvgIpc) is 2.70. The molecule has 0 heterocycles. The van der Waals surface area contributed by atoms with Crippen molar-refractivity contribution in [3.63, 3.8) is 0 Å². The molecule has 0 radical (unpaired) electrons. The summed E-state index contributed by atoms with van der Waals surface area (Å²) in [5.74, 6) is -2.22. The first-order valence-electron chi connectivity index (χ1n) is 9.09. The number of hydrogen-bond donors (Lipinski definition) is 5. The number of aliphatic hydroxyl groups is 5. The Labute approximate surface area is 168 Å². The van der Waals surface area contributed by atoms with Crippen molar-refractivity contribution in [3.8, 4) is 0 Å². The molecule has 0 saturated heterocycles. The summed E-state index contributed by atoms with van der Waals surface area (Å²) in [6, 6.07) is 0. The Morgan fingerprint density at radius 1 is 0.862 bits per heavy atom. The highest BCUT2D eigenvalue weighted by Crippen LogP contribution is 2.08. The maximum absolute atomic E-state index is 11.6. The van der Waals surface area contributed by atoms with Crippen molar-refractivity contribution in [3.05, 3.63) is 12.2 Å². The third-order valence-corrected chi connectivity index (χ3v) is 3.69. The summed E-state index contributed by atoms with van der Waals surface area (Å²) in [4.78, 5) is 34.2. The minimum atomic E-state index is -2.08. The van der Waals surface area contributed by atoms with E-state index < -0.39 is 48.9 Å². The van der Waals surface area contributed by atoms with Crippen LogP contribution in [0.3, 0.4) is 0 Å². The van der Waals surface area contributed by atoms with Crippen LogP contribution in [0.5, 0.6) is 0 Å². The molecule has 0 spiro atoms. The Balaban J connectivity index is 3.82. The lowest BCUT2D eigenvalue weighted by molar-refractivity contribution is -0.170. The van der Waals surface area contributed by atoms with Gasteiger partial charge in [-0.15, -0.1) is 0 Å². The second-order valence-corrected chi connectivity index (χ2v) is 6.29. The molecule has 0 rings (SSSR count). The van der Waals surface area contributed by atoms with Crippen LogP contribution < -0.4 is 0 Å². The molecule has 0 aromatic carbocycles. The van der Waals surface area contributed by atoms with Crippen LogP contribution in [0.1, 0.15) is 32.6 Å². The molecule has 0 aliphatic heterocycles. The van der Waals surface area contributed by atoms with Gasteiger partial charge in [0.05, 0.1) is 13.2 Å². The summed E-state index contributed by atoms with van der Waals surface area (Å²) in [6.45, 7) is 3.83. The molecule has 0 aliphatic carbocycles. The molecule has 4 atom stereocenters. The van der Waals surface area contributed by atoms with Gasteiger partial charge in [0.15, 0.2) is 6.10 Å². The number of aliphatic hydroxyl groups excluding tert-OH is 5. The number of carbonyl (C=O) groups excluding carboxylic acids is 3. The van der Waals surface area contributed by atoms with Crippen molar-refractivity contribution >= 4 is 17.9 Å². The van der Waals surface area contributed by atoms with Crippen molar-refractivity contribution in [2.24, 2.45) is 0 Å². The van der Waals surface area contributed by atoms with Gasteiger partial charge in [0.25, 0.3) is 0 Å². The van der Waals surface area contributed by atoms with Gasteiger partial charge < -0.3 is 39.7 Å². The Morgan fingerprint density at radius 3 is 2.07 bits per heavy atom. The van der Waals surface area contributed by atoms with Gasteiger partial charge in [0, 0.05) is 12.0 Å². The number of unbranched alkanes of at least 4 members (excludes halogenated alkanes) is 2. The van der Waals surface area contributed by atoms with Gasteiger partial charge in [0.2, 0.25) is 0 Å². The summed E-state index contributed by atoms with van der Waals surface area (Å²) in [5.41, 5.74) is 0.248. The highest BCUT2D eigenvalue weighted by Gasteiger charge is 2.35. The van der Waals surface area contributed by atoms with Crippen molar-refractivity contribution in [1.29, 1.82) is 0 Å². The fourth-order valence-corrected chi connectivity index (χ4v) is 1.95. The third-order valence-electron chi connectivity index (χ3n) is 3.69. The van der Waals surface area contributed by atoms with Crippen LogP contribution in [0.4, 0.5) is 0 Å². The van der Waals surface area contributed by atoms with Gasteiger partial charge in [-0.2, -0.15) is 0 Å². The van der Waals surface area contributed by atoms with E-state index in [2.05, 4.69) is 6.58 Å². The van der Waals surface area contributed by atoms with Crippen molar-refractivity contribution < 1.29 is 54.1 Å². The van der Waals surface area contributed by atoms with Gasteiger partial charge in [-0.25, -0.2) is 9.59 Å². The zero-order chi connectivity index (χ0) is 22.4. The number of esters is 3. The summed E-state index contributed by atoms with van der Waals surface area (Å²) in [6.07, 6.45) is -6.28. The lowest BCUT2D eigenvalue weighted by Crippen LogP contribution is -2.49. The molecule has 0 saturated carbocycles. The van der Waals surface area contributed by atoms with Crippen LogP contribution in [0, 0.1) is 0 Å².